The molecule has 1 N–H and O–H groups in total. The van der Waals surface area contributed by atoms with Crippen molar-refractivity contribution in [3.63, 3.8) is 0 Å². The topological polar surface area (TPSA) is 85.3 Å². The second-order valence-corrected chi connectivity index (χ2v) is 9.13. The van der Waals surface area contributed by atoms with Gasteiger partial charge in [-0.1, -0.05) is 17.7 Å². The predicted molar refractivity (Wildman–Crippen MR) is 141 cm³/mol. The smallest absolute Gasteiger partial charge is 0.300 e. The number of rotatable bonds is 7. The third-order valence-electron chi connectivity index (χ3n) is 5.78. The van der Waals surface area contributed by atoms with Crippen LogP contribution in [0.3, 0.4) is 0 Å². The third-order valence-corrected chi connectivity index (χ3v) is 6.65. The fraction of sp³-hybridized carbons (Fsp3) is 0.185. The Balaban J connectivity index is 1.95. The van der Waals surface area contributed by atoms with Gasteiger partial charge in [0.1, 0.15) is 11.5 Å². The van der Waals surface area contributed by atoms with Crippen LogP contribution < -0.4 is 19.1 Å². The molecule has 1 aliphatic rings. The van der Waals surface area contributed by atoms with Gasteiger partial charge in [-0.15, -0.1) is 0 Å². The lowest BCUT2D eigenvalue weighted by Crippen LogP contribution is -2.29. The zero-order valence-electron chi connectivity index (χ0n) is 19.7. The molecule has 1 unspecified atom stereocenters. The zero-order valence-corrected chi connectivity index (χ0v) is 22.1. The summed E-state index contributed by atoms with van der Waals surface area (Å²) in [4.78, 5) is 28.1. The summed E-state index contributed by atoms with van der Waals surface area (Å²) in [6.07, 6.45) is 0. The van der Waals surface area contributed by atoms with Crippen LogP contribution in [0, 0.1) is 0 Å². The van der Waals surface area contributed by atoms with Crippen LogP contribution in [-0.2, 0) is 9.59 Å². The Kier molecular flexibility index (Phi) is 7.56. The van der Waals surface area contributed by atoms with Gasteiger partial charge in [-0.3, -0.25) is 14.5 Å². The number of amides is 1. The van der Waals surface area contributed by atoms with E-state index in [-0.39, 0.29) is 11.3 Å². The molecule has 1 fully saturated rings. The molecule has 7 nitrogen and oxygen atoms in total. The van der Waals surface area contributed by atoms with Crippen LogP contribution in [0.4, 0.5) is 5.69 Å². The molecule has 4 rings (SSSR count). The lowest BCUT2D eigenvalue weighted by molar-refractivity contribution is -0.132. The number of benzene rings is 3. The number of ether oxygens (including phenoxy) is 3. The van der Waals surface area contributed by atoms with Gasteiger partial charge in [0.2, 0.25) is 0 Å². The molecule has 0 radical (unpaired) electrons. The molecule has 1 aliphatic heterocycles. The number of ketones is 1. The summed E-state index contributed by atoms with van der Waals surface area (Å²) in [6, 6.07) is 15.7. The SMILES string of the molecule is CCOc1cc(C2/C(=C(/O)c3ccc(OC)c(Br)c3)C(=O)C(=O)N2c2ccc(Cl)cc2)ccc1OC. The molecule has 1 saturated heterocycles. The molecule has 0 aliphatic carbocycles. The molecule has 36 heavy (non-hydrogen) atoms. The standard InChI is InChI=1S/C27H23BrClNO6/c1-4-36-22-14-15(5-12-21(22)35-3)24-23(25(31)16-6-11-20(34-2)19(28)13-16)26(32)27(33)30(24)18-9-7-17(29)8-10-18/h5-14,24,31H,4H2,1-3H3/b25-23-. The molecular formula is C27H23BrClNO6. The van der Waals surface area contributed by atoms with Crippen LogP contribution in [-0.4, -0.2) is 37.6 Å². The maximum Gasteiger partial charge on any atom is 0.300 e. The lowest BCUT2D eigenvalue weighted by atomic mass is 9.94. The number of aliphatic hydroxyl groups is 1. The summed E-state index contributed by atoms with van der Waals surface area (Å²) < 4.78 is 17.0. The molecule has 0 spiro atoms. The minimum absolute atomic E-state index is 0.0559. The number of Topliss-reactive ketones (excluding diaryl/α,β-unsaturated/α-hetero) is 1. The molecule has 186 valence electrons. The van der Waals surface area contributed by atoms with Gasteiger partial charge in [-0.25, -0.2) is 0 Å². The van der Waals surface area contributed by atoms with Crippen molar-refractivity contribution in [2.75, 3.05) is 25.7 Å². The number of nitrogens with zero attached hydrogens (tertiary/aromatic N) is 1. The van der Waals surface area contributed by atoms with Crippen LogP contribution >= 0.6 is 27.5 Å². The Labute approximate surface area is 222 Å². The molecule has 0 bridgehead atoms. The quantitative estimate of drug-likeness (QED) is 0.208. The van der Waals surface area contributed by atoms with Gasteiger partial charge in [0.15, 0.2) is 11.5 Å². The summed E-state index contributed by atoms with van der Waals surface area (Å²) in [5.74, 6) is -0.388. The van der Waals surface area contributed by atoms with Gasteiger partial charge in [0.25, 0.3) is 11.7 Å². The van der Waals surface area contributed by atoms with Crippen molar-refractivity contribution in [2.45, 2.75) is 13.0 Å². The van der Waals surface area contributed by atoms with Crippen molar-refractivity contribution in [1.29, 1.82) is 0 Å². The highest BCUT2D eigenvalue weighted by atomic mass is 79.9. The fourth-order valence-corrected chi connectivity index (χ4v) is 4.78. The van der Waals surface area contributed by atoms with Crippen LogP contribution in [0.1, 0.15) is 24.1 Å². The molecule has 1 heterocycles. The van der Waals surface area contributed by atoms with Gasteiger partial charge in [0, 0.05) is 16.3 Å². The minimum atomic E-state index is -0.933. The molecule has 3 aromatic rings. The van der Waals surface area contributed by atoms with Crippen molar-refractivity contribution in [3.8, 4) is 17.2 Å². The van der Waals surface area contributed by atoms with Gasteiger partial charge < -0.3 is 19.3 Å². The minimum Gasteiger partial charge on any atom is -0.507 e. The van der Waals surface area contributed by atoms with E-state index in [0.29, 0.717) is 50.2 Å². The molecule has 0 aromatic heterocycles. The number of hydrogen-bond donors (Lipinski definition) is 1. The predicted octanol–water partition coefficient (Wildman–Crippen LogP) is 6.14. The van der Waals surface area contributed by atoms with E-state index < -0.39 is 17.7 Å². The molecule has 9 heteroatoms. The average Bonchev–Trinajstić information content (AvgIpc) is 3.14. The van der Waals surface area contributed by atoms with Crippen LogP contribution in [0.25, 0.3) is 5.76 Å². The van der Waals surface area contributed by atoms with Gasteiger partial charge >= 0.3 is 0 Å². The number of aliphatic hydroxyl groups excluding tert-OH is 1. The monoisotopic (exact) mass is 571 g/mol. The lowest BCUT2D eigenvalue weighted by Gasteiger charge is -2.26. The summed E-state index contributed by atoms with van der Waals surface area (Å²) in [6.45, 7) is 2.23. The normalized spacial score (nSPS) is 16.8. The number of hydrogen-bond acceptors (Lipinski definition) is 6. The first-order valence-corrected chi connectivity index (χ1v) is 12.2. The second kappa shape index (κ2) is 10.6. The maximum absolute atomic E-state index is 13.4. The Morgan fingerprint density at radius 3 is 2.25 bits per heavy atom. The maximum atomic E-state index is 13.4. The zero-order chi connectivity index (χ0) is 26.0. The Morgan fingerprint density at radius 1 is 0.972 bits per heavy atom. The molecule has 1 atom stereocenters. The molecule has 1 amide bonds. The first-order valence-electron chi connectivity index (χ1n) is 11.0. The molecule has 0 saturated carbocycles. The Hall–Kier alpha value is -3.49. The van der Waals surface area contributed by atoms with E-state index >= 15 is 0 Å². The van der Waals surface area contributed by atoms with Crippen molar-refractivity contribution in [1.82, 2.24) is 0 Å². The van der Waals surface area contributed by atoms with Crippen molar-refractivity contribution >= 4 is 50.7 Å². The number of carbonyl (C=O) groups is 2. The van der Waals surface area contributed by atoms with Crippen LogP contribution in [0.2, 0.25) is 5.02 Å². The van der Waals surface area contributed by atoms with E-state index in [2.05, 4.69) is 15.9 Å². The van der Waals surface area contributed by atoms with E-state index in [4.69, 9.17) is 25.8 Å². The van der Waals surface area contributed by atoms with E-state index in [1.54, 1.807) is 60.7 Å². The number of carbonyl (C=O) groups excluding carboxylic acids is 2. The highest BCUT2D eigenvalue weighted by Gasteiger charge is 2.47. The van der Waals surface area contributed by atoms with Crippen LogP contribution in [0.5, 0.6) is 17.2 Å². The van der Waals surface area contributed by atoms with E-state index in [9.17, 15) is 14.7 Å². The molecular weight excluding hydrogens is 550 g/mol. The largest absolute Gasteiger partial charge is 0.507 e. The highest BCUT2D eigenvalue weighted by molar-refractivity contribution is 9.10. The van der Waals surface area contributed by atoms with E-state index in [0.717, 1.165) is 0 Å². The summed E-state index contributed by atoms with van der Waals surface area (Å²) in [5.41, 5.74) is 1.30. The highest BCUT2D eigenvalue weighted by Crippen LogP contribution is 2.44. The fourth-order valence-electron chi connectivity index (χ4n) is 4.12. The van der Waals surface area contributed by atoms with E-state index in [1.165, 1.54) is 19.1 Å². The summed E-state index contributed by atoms with van der Waals surface area (Å²) >= 11 is 9.46. The average molecular weight is 573 g/mol. The Bertz CT molecular complexity index is 1350. The summed E-state index contributed by atoms with van der Waals surface area (Å²) in [7, 11) is 3.05. The second-order valence-electron chi connectivity index (χ2n) is 7.84. The third kappa shape index (κ3) is 4.66. The van der Waals surface area contributed by atoms with Gasteiger partial charge in [-0.2, -0.15) is 0 Å². The first kappa shape index (κ1) is 25.6. The molecule has 3 aromatic carbocycles. The van der Waals surface area contributed by atoms with Crippen molar-refractivity contribution in [3.05, 3.63) is 86.9 Å². The van der Waals surface area contributed by atoms with Gasteiger partial charge in [0.05, 0.1) is 36.9 Å². The van der Waals surface area contributed by atoms with Gasteiger partial charge in [-0.05, 0) is 83.0 Å². The first-order chi connectivity index (χ1) is 17.3. The summed E-state index contributed by atoms with van der Waals surface area (Å²) in [5, 5.41) is 11.8. The Morgan fingerprint density at radius 2 is 1.64 bits per heavy atom. The van der Waals surface area contributed by atoms with E-state index in [1.807, 2.05) is 6.92 Å². The number of anilines is 1. The van der Waals surface area contributed by atoms with Crippen LogP contribution in [0.15, 0.2) is 70.7 Å². The van der Waals surface area contributed by atoms with Crippen molar-refractivity contribution < 1.29 is 28.9 Å². The number of halogens is 2. The van der Waals surface area contributed by atoms with Crippen molar-refractivity contribution in [2.24, 2.45) is 0 Å². The number of methoxy groups -OCH3 is 2.